The standard InChI is InChI=1S/C2H6OS.Na.H2O/c1-4(2)3;;/h1-2H3;;1H2/q;+1;/p-1. The first-order valence-electron chi connectivity index (χ1n) is 0.983. The van der Waals surface area contributed by atoms with E-state index in [-0.39, 0.29) is 35.0 Å². The maximum atomic E-state index is 9.56. The molecule has 0 aliphatic heterocycles. The second kappa shape index (κ2) is 9.44. The Morgan fingerprint density at radius 3 is 1.33 bits per heavy atom. The van der Waals surface area contributed by atoms with Gasteiger partial charge in [0.2, 0.25) is 0 Å². The fourth-order valence-corrected chi connectivity index (χ4v) is 0. The van der Waals surface area contributed by atoms with E-state index in [0.29, 0.717) is 0 Å². The van der Waals surface area contributed by atoms with Gasteiger partial charge in [-0.15, -0.1) is 0 Å². The minimum absolute atomic E-state index is 0. The van der Waals surface area contributed by atoms with Crippen LogP contribution in [-0.2, 0) is 10.8 Å². The summed E-state index contributed by atoms with van der Waals surface area (Å²) in [5, 5.41) is 0. The third-order valence-corrected chi connectivity index (χ3v) is 0. The van der Waals surface area contributed by atoms with Gasteiger partial charge < -0.3 is 5.48 Å². The van der Waals surface area contributed by atoms with Crippen LogP contribution in [0.1, 0.15) is 0 Å². The zero-order valence-electron chi connectivity index (χ0n) is 4.26. The van der Waals surface area contributed by atoms with Gasteiger partial charge in [0.25, 0.3) is 0 Å². The van der Waals surface area contributed by atoms with Gasteiger partial charge in [-0.3, -0.25) is 4.21 Å². The van der Waals surface area contributed by atoms with Crippen LogP contribution in [0.25, 0.3) is 0 Å². The fraction of sp³-hybridized carbons (Fsp3) is 1.00. The first kappa shape index (κ1) is 15.7. The molecule has 0 saturated carbocycles. The Balaban J connectivity index is -0.0000000450. The van der Waals surface area contributed by atoms with Gasteiger partial charge in [-0.2, -0.15) is 0 Å². The molecule has 0 spiro atoms. The molecule has 0 aliphatic rings. The Kier molecular flexibility index (Phi) is 24.7. The molecule has 0 rings (SSSR count). The van der Waals surface area contributed by atoms with Gasteiger partial charge in [0.1, 0.15) is 0 Å². The normalized spacial score (nSPS) is 5.83. The molecular formula is C2H7NaO2S. The summed E-state index contributed by atoms with van der Waals surface area (Å²) in [4.78, 5) is 0. The maximum absolute atomic E-state index is 9.56. The Hall–Kier alpha value is 1.11. The van der Waals surface area contributed by atoms with E-state index in [1.165, 1.54) is 0 Å². The van der Waals surface area contributed by atoms with Crippen LogP contribution in [0.4, 0.5) is 0 Å². The van der Waals surface area contributed by atoms with Crippen molar-refractivity contribution in [2.24, 2.45) is 0 Å². The Morgan fingerprint density at radius 1 is 1.33 bits per heavy atom. The van der Waals surface area contributed by atoms with Crippen molar-refractivity contribution < 1.29 is 39.2 Å². The fourth-order valence-electron chi connectivity index (χ4n) is 0. The van der Waals surface area contributed by atoms with Crippen molar-refractivity contribution in [2.45, 2.75) is 0 Å². The van der Waals surface area contributed by atoms with Crippen LogP contribution in [-0.4, -0.2) is 22.2 Å². The summed E-state index contributed by atoms with van der Waals surface area (Å²) in [7, 11) is -0.611. The van der Waals surface area contributed by atoms with E-state index in [1.807, 2.05) is 0 Å². The predicted molar refractivity (Wildman–Crippen MR) is 21.9 cm³/mol. The summed E-state index contributed by atoms with van der Waals surface area (Å²) < 4.78 is 9.56. The largest absolute Gasteiger partial charge is 1.00 e. The number of hydrogen-bond donors (Lipinski definition) is 0. The van der Waals surface area contributed by atoms with E-state index in [9.17, 15) is 4.21 Å². The predicted octanol–water partition coefficient (Wildman–Crippen LogP) is -3.18. The summed E-state index contributed by atoms with van der Waals surface area (Å²) >= 11 is 0. The molecule has 0 aliphatic carbocycles. The van der Waals surface area contributed by atoms with Crippen molar-refractivity contribution in [3.63, 3.8) is 0 Å². The Bertz CT molecular complexity index is 34.5. The van der Waals surface area contributed by atoms with Crippen LogP contribution >= 0.6 is 0 Å². The summed E-state index contributed by atoms with van der Waals surface area (Å²) in [6, 6.07) is 0. The molecule has 0 aromatic carbocycles. The molecule has 0 radical (unpaired) electrons. The van der Waals surface area contributed by atoms with Crippen molar-refractivity contribution >= 4 is 10.8 Å². The van der Waals surface area contributed by atoms with E-state index >= 15 is 0 Å². The van der Waals surface area contributed by atoms with Crippen LogP contribution in [0.2, 0.25) is 0 Å². The van der Waals surface area contributed by atoms with E-state index in [4.69, 9.17) is 0 Å². The minimum Gasteiger partial charge on any atom is -0.870 e. The molecule has 0 heterocycles. The van der Waals surface area contributed by atoms with Gasteiger partial charge in [-0.25, -0.2) is 0 Å². The molecule has 0 fully saturated rings. The maximum Gasteiger partial charge on any atom is 1.00 e. The molecule has 0 saturated heterocycles. The molecule has 4 heteroatoms. The van der Waals surface area contributed by atoms with Crippen molar-refractivity contribution in [1.82, 2.24) is 0 Å². The van der Waals surface area contributed by atoms with Crippen LogP contribution in [0.15, 0.2) is 0 Å². The van der Waals surface area contributed by atoms with Crippen molar-refractivity contribution in [2.75, 3.05) is 12.5 Å². The van der Waals surface area contributed by atoms with E-state index in [1.54, 1.807) is 12.5 Å². The van der Waals surface area contributed by atoms with E-state index in [2.05, 4.69) is 0 Å². The second-order valence-corrected chi connectivity index (χ2v) is 2.22. The van der Waals surface area contributed by atoms with Gasteiger partial charge in [0.15, 0.2) is 0 Å². The summed E-state index contributed by atoms with van der Waals surface area (Å²) in [5.74, 6) is 0. The summed E-state index contributed by atoms with van der Waals surface area (Å²) in [6.07, 6.45) is 3.28. The second-order valence-electron chi connectivity index (χ2n) is 0.742. The van der Waals surface area contributed by atoms with Gasteiger partial charge in [0.05, 0.1) is 0 Å². The summed E-state index contributed by atoms with van der Waals surface area (Å²) in [5.41, 5.74) is 0. The first-order chi connectivity index (χ1) is 1.73. The van der Waals surface area contributed by atoms with Crippen molar-refractivity contribution in [1.29, 1.82) is 0 Å². The third-order valence-electron chi connectivity index (χ3n) is 0. The smallest absolute Gasteiger partial charge is 0.870 e. The summed E-state index contributed by atoms with van der Waals surface area (Å²) in [6.45, 7) is 0. The molecule has 2 nitrogen and oxygen atoms in total. The Labute approximate surface area is 62.4 Å². The average Bonchev–Trinajstić information content (AvgIpc) is 0.811. The topological polar surface area (TPSA) is 47.1 Å². The van der Waals surface area contributed by atoms with Crippen LogP contribution in [0.3, 0.4) is 0 Å². The molecule has 6 heavy (non-hydrogen) atoms. The molecule has 0 unspecified atom stereocenters. The van der Waals surface area contributed by atoms with Gasteiger partial charge >= 0.3 is 29.6 Å². The van der Waals surface area contributed by atoms with Gasteiger partial charge in [-0.05, 0) is 0 Å². The quantitative estimate of drug-likeness (QED) is 0.315. The first-order valence-corrected chi connectivity index (χ1v) is 2.95. The molecule has 0 aromatic heterocycles. The molecule has 0 atom stereocenters. The monoisotopic (exact) mass is 118 g/mol. The SMILES string of the molecule is CS(C)=O.[Na+].[OH-]. The van der Waals surface area contributed by atoms with Crippen molar-refractivity contribution in [3.8, 4) is 0 Å². The molecule has 0 amide bonds. The third kappa shape index (κ3) is 70.1. The molecule has 34 valence electrons. The number of rotatable bonds is 0. The zero-order valence-corrected chi connectivity index (χ0v) is 7.08. The number of hydrogen-bond acceptors (Lipinski definition) is 2. The molecule has 0 bridgehead atoms. The average molecular weight is 118 g/mol. The van der Waals surface area contributed by atoms with Gasteiger partial charge in [0, 0.05) is 23.3 Å². The van der Waals surface area contributed by atoms with Crippen LogP contribution in [0.5, 0.6) is 0 Å². The Morgan fingerprint density at radius 2 is 1.33 bits per heavy atom. The molecular weight excluding hydrogens is 111 g/mol. The van der Waals surface area contributed by atoms with E-state index in [0.717, 1.165) is 0 Å². The molecule has 1 N–H and O–H groups in total. The van der Waals surface area contributed by atoms with Crippen molar-refractivity contribution in [3.05, 3.63) is 0 Å². The molecule has 0 aromatic rings. The zero-order chi connectivity index (χ0) is 3.58. The van der Waals surface area contributed by atoms with E-state index < -0.39 is 10.8 Å². The van der Waals surface area contributed by atoms with Crippen LogP contribution < -0.4 is 29.6 Å². The van der Waals surface area contributed by atoms with Gasteiger partial charge in [-0.1, -0.05) is 0 Å². The minimum atomic E-state index is -0.611. The van der Waals surface area contributed by atoms with Crippen LogP contribution in [0, 0.1) is 0 Å².